The molecule has 19 heavy (non-hydrogen) atoms. The van der Waals surface area contributed by atoms with Gasteiger partial charge in [-0.2, -0.15) is 0 Å². The molecule has 5 heteroatoms. The number of furan rings is 1. The molecule has 1 unspecified atom stereocenters. The van der Waals surface area contributed by atoms with Gasteiger partial charge in [0.25, 0.3) is 5.91 Å². The van der Waals surface area contributed by atoms with Gasteiger partial charge < -0.3 is 19.7 Å². The fourth-order valence-electron chi connectivity index (χ4n) is 3.50. The Bertz CT molecular complexity index is 438. The number of carbonyl (C=O) groups excluding carboxylic acids is 1. The molecule has 2 fully saturated rings. The minimum atomic E-state index is 0.0163. The van der Waals surface area contributed by atoms with Gasteiger partial charge in [-0.15, -0.1) is 0 Å². The van der Waals surface area contributed by atoms with Crippen molar-refractivity contribution in [1.29, 1.82) is 0 Å². The molecule has 1 aromatic heterocycles. The Labute approximate surface area is 112 Å². The summed E-state index contributed by atoms with van der Waals surface area (Å²) in [6, 6.07) is 1.70. The van der Waals surface area contributed by atoms with Gasteiger partial charge in [0, 0.05) is 25.6 Å². The van der Waals surface area contributed by atoms with E-state index in [4.69, 9.17) is 4.42 Å². The van der Waals surface area contributed by atoms with E-state index in [2.05, 4.69) is 5.32 Å². The van der Waals surface area contributed by atoms with Crippen molar-refractivity contribution in [2.75, 3.05) is 32.8 Å². The lowest BCUT2D eigenvalue weighted by atomic mass is 9.71. The first-order chi connectivity index (χ1) is 9.25. The Morgan fingerprint density at radius 3 is 2.95 bits per heavy atom. The Morgan fingerprint density at radius 2 is 2.32 bits per heavy atom. The van der Waals surface area contributed by atoms with Crippen LogP contribution in [0.3, 0.4) is 0 Å². The number of hydrogen-bond donors (Lipinski definition) is 2. The predicted octanol–water partition coefficient (Wildman–Crippen LogP) is 0.714. The molecule has 1 aromatic rings. The fourth-order valence-corrected chi connectivity index (χ4v) is 3.50. The Kier molecular flexibility index (Phi) is 3.33. The molecule has 0 bridgehead atoms. The molecule has 0 radical (unpaired) electrons. The molecule has 0 aliphatic carbocycles. The average molecular weight is 264 g/mol. The van der Waals surface area contributed by atoms with Crippen molar-refractivity contribution >= 4 is 5.91 Å². The standard InChI is InChI=1S/C14H20N2O3/c17-8-12-7-16(13(18)11-1-6-19-9-11)10-14(12)2-4-15-5-3-14/h1,6,9,12,15,17H,2-5,7-8,10H2. The molecule has 2 saturated heterocycles. The van der Waals surface area contributed by atoms with Crippen LogP contribution in [0.5, 0.6) is 0 Å². The zero-order valence-corrected chi connectivity index (χ0v) is 11.0. The average Bonchev–Trinajstić information content (AvgIpc) is 3.07. The van der Waals surface area contributed by atoms with E-state index >= 15 is 0 Å². The molecule has 3 heterocycles. The predicted molar refractivity (Wildman–Crippen MR) is 69.7 cm³/mol. The lowest BCUT2D eigenvalue weighted by Gasteiger charge is -2.37. The largest absolute Gasteiger partial charge is 0.472 e. The maximum atomic E-state index is 12.4. The molecule has 5 nitrogen and oxygen atoms in total. The monoisotopic (exact) mass is 264 g/mol. The lowest BCUT2D eigenvalue weighted by molar-refractivity contribution is 0.0755. The van der Waals surface area contributed by atoms with E-state index in [0.717, 1.165) is 32.5 Å². The highest BCUT2D eigenvalue weighted by Crippen LogP contribution is 2.43. The van der Waals surface area contributed by atoms with Crippen LogP contribution in [-0.2, 0) is 0 Å². The first-order valence-corrected chi connectivity index (χ1v) is 6.88. The van der Waals surface area contributed by atoms with Gasteiger partial charge in [-0.05, 0) is 37.4 Å². The summed E-state index contributed by atoms with van der Waals surface area (Å²) in [7, 11) is 0. The quantitative estimate of drug-likeness (QED) is 0.826. The summed E-state index contributed by atoms with van der Waals surface area (Å²) in [4.78, 5) is 14.2. The summed E-state index contributed by atoms with van der Waals surface area (Å²) >= 11 is 0. The summed E-state index contributed by atoms with van der Waals surface area (Å²) < 4.78 is 4.98. The van der Waals surface area contributed by atoms with Gasteiger partial charge in [0.15, 0.2) is 0 Å². The van der Waals surface area contributed by atoms with Crippen LogP contribution in [-0.4, -0.2) is 48.7 Å². The minimum Gasteiger partial charge on any atom is -0.472 e. The summed E-state index contributed by atoms with van der Waals surface area (Å²) in [5.41, 5.74) is 0.696. The zero-order chi connectivity index (χ0) is 13.3. The van der Waals surface area contributed by atoms with Crippen LogP contribution in [0.25, 0.3) is 0 Å². The first-order valence-electron chi connectivity index (χ1n) is 6.88. The van der Waals surface area contributed by atoms with Crippen molar-refractivity contribution in [3.8, 4) is 0 Å². The highest BCUT2D eigenvalue weighted by atomic mass is 16.3. The summed E-state index contributed by atoms with van der Waals surface area (Å²) in [6.07, 6.45) is 5.08. The molecule has 1 atom stereocenters. The van der Waals surface area contributed by atoms with Crippen molar-refractivity contribution in [3.05, 3.63) is 24.2 Å². The Hall–Kier alpha value is -1.33. The second-order valence-corrected chi connectivity index (χ2v) is 5.69. The normalized spacial score (nSPS) is 25.9. The Balaban J connectivity index is 1.77. The molecule has 0 saturated carbocycles. The van der Waals surface area contributed by atoms with Crippen molar-refractivity contribution in [2.45, 2.75) is 12.8 Å². The molecule has 2 N–H and O–H groups in total. The molecule has 2 aliphatic rings. The van der Waals surface area contributed by atoms with Crippen LogP contribution in [0.1, 0.15) is 23.2 Å². The molecule has 1 amide bonds. The van der Waals surface area contributed by atoms with Gasteiger partial charge in [0.2, 0.25) is 0 Å². The fraction of sp³-hybridized carbons (Fsp3) is 0.643. The highest BCUT2D eigenvalue weighted by molar-refractivity contribution is 5.94. The number of nitrogens with one attached hydrogen (secondary N) is 1. The van der Waals surface area contributed by atoms with Crippen molar-refractivity contribution in [2.24, 2.45) is 11.3 Å². The number of rotatable bonds is 2. The van der Waals surface area contributed by atoms with Crippen molar-refractivity contribution in [1.82, 2.24) is 10.2 Å². The van der Waals surface area contributed by atoms with Crippen LogP contribution >= 0.6 is 0 Å². The third kappa shape index (κ3) is 2.17. The van der Waals surface area contributed by atoms with Gasteiger partial charge in [-0.1, -0.05) is 0 Å². The molecule has 0 aromatic carbocycles. The summed E-state index contributed by atoms with van der Waals surface area (Å²) in [5.74, 6) is 0.216. The van der Waals surface area contributed by atoms with Gasteiger partial charge in [-0.25, -0.2) is 0 Å². The molecule has 2 aliphatic heterocycles. The van der Waals surface area contributed by atoms with Crippen LogP contribution in [0.4, 0.5) is 0 Å². The number of piperidine rings is 1. The molecular formula is C14H20N2O3. The second-order valence-electron chi connectivity index (χ2n) is 5.69. The number of aliphatic hydroxyl groups excluding tert-OH is 1. The van der Waals surface area contributed by atoms with E-state index in [1.54, 1.807) is 6.07 Å². The third-order valence-electron chi connectivity index (χ3n) is 4.69. The van der Waals surface area contributed by atoms with Gasteiger partial charge in [0.1, 0.15) is 6.26 Å². The highest BCUT2D eigenvalue weighted by Gasteiger charge is 2.47. The van der Waals surface area contributed by atoms with Gasteiger partial charge in [0.05, 0.1) is 11.8 Å². The summed E-state index contributed by atoms with van der Waals surface area (Å²) in [6.45, 7) is 3.52. The third-order valence-corrected chi connectivity index (χ3v) is 4.69. The molecular weight excluding hydrogens is 244 g/mol. The molecule has 3 rings (SSSR count). The SMILES string of the molecule is O=C(c1ccoc1)N1CC(CO)C2(CCNCC2)C1. The van der Waals surface area contributed by atoms with Crippen molar-refractivity contribution in [3.63, 3.8) is 0 Å². The molecule has 104 valence electrons. The Morgan fingerprint density at radius 1 is 1.53 bits per heavy atom. The number of nitrogens with zero attached hydrogens (tertiary/aromatic N) is 1. The van der Waals surface area contributed by atoms with Crippen LogP contribution in [0.15, 0.2) is 23.0 Å². The van der Waals surface area contributed by atoms with Crippen LogP contribution in [0, 0.1) is 11.3 Å². The van der Waals surface area contributed by atoms with E-state index in [-0.39, 0.29) is 23.8 Å². The van der Waals surface area contributed by atoms with Crippen molar-refractivity contribution < 1.29 is 14.3 Å². The summed E-state index contributed by atoms with van der Waals surface area (Å²) in [5, 5.41) is 13.0. The number of carbonyl (C=O) groups is 1. The van der Waals surface area contributed by atoms with Gasteiger partial charge >= 0.3 is 0 Å². The number of aliphatic hydroxyl groups is 1. The van der Waals surface area contributed by atoms with Crippen LogP contribution < -0.4 is 5.32 Å². The van der Waals surface area contributed by atoms with E-state index in [9.17, 15) is 9.90 Å². The topological polar surface area (TPSA) is 65.7 Å². The zero-order valence-electron chi connectivity index (χ0n) is 11.0. The maximum absolute atomic E-state index is 12.4. The minimum absolute atomic E-state index is 0.0163. The number of amides is 1. The smallest absolute Gasteiger partial charge is 0.257 e. The maximum Gasteiger partial charge on any atom is 0.257 e. The van der Waals surface area contributed by atoms with E-state index in [1.165, 1.54) is 12.5 Å². The lowest BCUT2D eigenvalue weighted by Crippen LogP contribution is -2.43. The van der Waals surface area contributed by atoms with Gasteiger partial charge in [-0.3, -0.25) is 4.79 Å². The number of likely N-dealkylation sites (tertiary alicyclic amines) is 1. The molecule has 1 spiro atoms. The second kappa shape index (κ2) is 4.98. The number of hydrogen-bond acceptors (Lipinski definition) is 4. The van der Waals surface area contributed by atoms with E-state index in [1.807, 2.05) is 4.90 Å². The van der Waals surface area contributed by atoms with E-state index < -0.39 is 0 Å². The first kappa shape index (κ1) is 12.7. The van der Waals surface area contributed by atoms with Crippen LogP contribution in [0.2, 0.25) is 0 Å². The van der Waals surface area contributed by atoms with E-state index in [0.29, 0.717) is 12.1 Å².